The normalized spacial score (nSPS) is 15.0. The summed E-state index contributed by atoms with van der Waals surface area (Å²) in [5.74, 6) is 1.02. The molecule has 1 aliphatic carbocycles. The van der Waals surface area contributed by atoms with Gasteiger partial charge in [0.2, 0.25) is 5.91 Å². The van der Waals surface area contributed by atoms with E-state index in [0.29, 0.717) is 12.3 Å². The Bertz CT molecular complexity index is 832. The average molecular weight is 425 g/mol. The molecule has 1 saturated carbocycles. The molecule has 6 heteroatoms. The molecule has 0 saturated heterocycles. The second-order valence-electron chi connectivity index (χ2n) is 7.99. The summed E-state index contributed by atoms with van der Waals surface area (Å²) in [6.07, 6.45) is 5.50. The van der Waals surface area contributed by atoms with Crippen LogP contribution in [0.4, 0.5) is 0 Å². The topological polar surface area (TPSA) is 67.9 Å². The zero-order chi connectivity index (χ0) is 22.1. The Morgan fingerprint density at radius 3 is 2.32 bits per heavy atom. The number of rotatable bonds is 9. The van der Waals surface area contributed by atoms with E-state index in [1.807, 2.05) is 42.5 Å². The lowest BCUT2D eigenvalue weighted by Crippen LogP contribution is -2.51. The van der Waals surface area contributed by atoms with Gasteiger partial charge in [-0.1, -0.05) is 49.6 Å². The van der Waals surface area contributed by atoms with Gasteiger partial charge in [0.15, 0.2) is 6.61 Å². The third-order valence-electron chi connectivity index (χ3n) is 5.74. The molecule has 0 heterocycles. The molecule has 3 rings (SSSR count). The van der Waals surface area contributed by atoms with Gasteiger partial charge < -0.3 is 19.7 Å². The number of hydrogen-bond acceptors (Lipinski definition) is 4. The lowest BCUT2D eigenvalue weighted by molar-refractivity contribution is -0.142. The van der Waals surface area contributed by atoms with Gasteiger partial charge in [-0.05, 0) is 49.6 Å². The smallest absolute Gasteiger partial charge is 0.261 e. The van der Waals surface area contributed by atoms with Crippen molar-refractivity contribution < 1.29 is 19.1 Å². The molecule has 1 aliphatic rings. The van der Waals surface area contributed by atoms with E-state index in [2.05, 4.69) is 5.32 Å². The first kappa shape index (κ1) is 22.7. The Balaban J connectivity index is 1.69. The predicted molar refractivity (Wildman–Crippen MR) is 120 cm³/mol. The Kier molecular flexibility index (Phi) is 8.33. The van der Waals surface area contributed by atoms with Crippen LogP contribution >= 0.6 is 0 Å². The summed E-state index contributed by atoms with van der Waals surface area (Å²) >= 11 is 0. The summed E-state index contributed by atoms with van der Waals surface area (Å²) in [4.78, 5) is 27.6. The van der Waals surface area contributed by atoms with Crippen molar-refractivity contribution in [3.05, 3.63) is 60.2 Å². The first-order valence-electron chi connectivity index (χ1n) is 11.0. The van der Waals surface area contributed by atoms with E-state index in [-0.39, 0.29) is 24.5 Å². The minimum absolute atomic E-state index is 0.117. The zero-order valence-electron chi connectivity index (χ0n) is 18.4. The largest absolute Gasteiger partial charge is 0.497 e. The molecule has 0 radical (unpaired) electrons. The van der Waals surface area contributed by atoms with Gasteiger partial charge in [0.25, 0.3) is 5.91 Å². The highest BCUT2D eigenvalue weighted by Gasteiger charge is 2.28. The van der Waals surface area contributed by atoms with Crippen molar-refractivity contribution >= 4 is 11.8 Å². The molecule has 166 valence electrons. The summed E-state index contributed by atoms with van der Waals surface area (Å²) in [6, 6.07) is 16.3. The summed E-state index contributed by atoms with van der Waals surface area (Å²) in [6.45, 7) is 1.98. The number of carbonyl (C=O) groups is 2. The van der Waals surface area contributed by atoms with Gasteiger partial charge in [-0.25, -0.2) is 0 Å². The van der Waals surface area contributed by atoms with Crippen molar-refractivity contribution in [3.8, 4) is 11.5 Å². The highest BCUT2D eigenvalue weighted by Crippen LogP contribution is 2.19. The third kappa shape index (κ3) is 6.74. The Hall–Kier alpha value is -3.02. The molecule has 1 N–H and O–H groups in total. The molecule has 2 aromatic rings. The van der Waals surface area contributed by atoms with E-state index in [1.54, 1.807) is 31.1 Å². The molecule has 2 aromatic carbocycles. The standard InChI is InChI=1S/C25H32N2O4/c1-19(25(29)26-21-9-5-3-6-10-21)27(17-20-13-15-22(30-2)16-14-20)24(28)18-31-23-11-7-4-8-12-23/h4,7-8,11-16,19,21H,3,5-6,9-10,17-18H2,1-2H3,(H,26,29)/t19-/m0/s1. The average Bonchev–Trinajstić information content (AvgIpc) is 2.82. The van der Waals surface area contributed by atoms with Crippen LogP contribution in [0.5, 0.6) is 11.5 Å². The van der Waals surface area contributed by atoms with E-state index < -0.39 is 6.04 Å². The van der Waals surface area contributed by atoms with Crippen molar-refractivity contribution in [3.63, 3.8) is 0 Å². The molecule has 0 aliphatic heterocycles. The monoisotopic (exact) mass is 424 g/mol. The van der Waals surface area contributed by atoms with Crippen LogP contribution in [0.25, 0.3) is 0 Å². The molecule has 1 fully saturated rings. The van der Waals surface area contributed by atoms with Gasteiger partial charge in [0.1, 0.15) is 17.5 Å². The van der Waals surface area contributed by atoms with Crippen LogP contribution in [0.2, 0.25) is 0 Å². The van der Waals surface area contributed by atoms with Gasteiger partial charge in [-0.15, -0.1) is 0 Å². The molecule has 0 aromatic heterocycles. The maximum atomic E-state index is 13.1. The van der Waals surface area contributed by atoms with Crippen LogP contribution < -0.4 is 14.8 Å². The summed E-state index contributed by atoms with van der Waals surface area (Å²) < 4.78 is 10.9. The fourth-order valence-corrected chi connectivity index (χ4v) is 3.82. The summed E-state index contributed by atoms with van der Waals surface area (Å²) in [5, 5.41) is 3.14. The molecule has 0 spiro atoms. The number of amides is 2. The number of nitrogens with zero attached hydrogens (tertiary/aromatic N) is 1. The van der Waals surface area contributed by atoms with Gasteiger partial charge in [0, 0.05) is 12.6 Å². The van der Waals surface area contributed by atoms with Crippen LogP contribution in [0.15, 0.2) is 54.6 Å². The molecule has 2 amide bonds. The fraction of sp³-hybridized carbons (Fsp3) is 0.440. The van der Waals surface area contributed by atoms with Crippen molar-refractivity contribution in [2.24, 2.45) is 0 Å². The van der Waals surface area contributed by atoms with E-state index in [0.717, 1.165) is 37.0 Å². The molecule has 0 unspecified atom stereocenters. The van der Waals surface area contributed by atoms with Crippen molar-refractivity contribution in [2.75, 3.05) is 13.7 Å². The number of nitrogens with one attached hydrogen (secondary N) is 1. The lowest BCUT2D eigenvalue weighted by atomic mass is 9.95. The van der Waals surface area contributed by atoms with Crippen LogP contribution in [0, 0.1) is 0 Å². The number of methoxy groups -OCH3 is 1. The SMILES string of the molecule is COc1ccc(CN(C(=O)COc2ccccc2)[C@@H](C)C(=O)NC2CCCCC2)cc1. The first-order chi connectivity index (χ1) is 15.1. The van der Waals surface area contributed by atoms with E-state index in [1.165, 1.54) is 6.42 Å². The molecule has 1 atom stereocenters. The highest BCUT2D eigenvalue weighted by atomic mass is 16.5. The molecule has 0 bridgehead atoms. The third-order valence-corrected chi connectivity index (χ3v) is 5.74. The second kappa shape index (κ2) is 11.4. The number of hydrogen-bond donors (Lipinski definition) is 1. The van der Waals surface area contributed by atoms with Gasteiger partial charge in [-0.3, -0.25) is 9.59 Å². The van der Waals surface area contributed by atoms with Crippen molar-refractivity contribution in [1.82, 2.24) is 10.2 Å². The Morgan fingerprint density at radius 2 is 1.68 bits per heavy atom. The van der Waals surface area contributed by atoms with Crippen LogP contribution in [0.1, 0.15) is 44.6 Å². The van der Waals surface area contributed by atoms with Crippen LogP contribution in [-0.2, 0) is 16.1 Å². The quantitative estimate of drug-likeness (QED) is 0.662. The maximum Gasteiger partial charge on any atom is 0.261 e. The highest BCUT2D eigenvalue weighted by molar-refractivity contribution is 5.88. The number of carbonyl (C=O) groups excluding carboxylic acids is 2. The van der Waals surface area contributed by atoms with E-state index in [9.17, 15) is 9.59 Å². The van der Waals surface area contributed by atoms with Crippen LogP contribution in [0.3, 0.4) is 0 Å². The fourth-order valence-electron chi connectivity index (χ4n) is 3.82. The Morgan fingerprint density at radius 1 is 1.00 bits per heavy atom. The molecule has 31 heavy (non-hydrogen) atoms. The zero-order valence-corrected chi connectivity index (χ0v) is 18.4. The van der Waals surface area contributed by atoms with Gasteiger partial charge in [0.05, 0.1) is 7.11 Å². The first-order valence-corrected chi connectivity index (χ1v) is 11.0. The van der Waals surface area contributed by atoms with E-state index in [4.69, 9.17) is 9.47 Å². The predicted octanol–water partition coefficient (Wildman–Crippen LogP) is 3.94. The summed E-state index contributed by atoms with van der Waals surface area (Å²) in [7, 11) is 1.61. The molecular weight excluding hydrogens is 392 g/mol. The minimum atomic E-state index is -0.601. The minimum Gasteiger partial charge on any atom is -0.497 e. The second-order valence-corrected chi connectivity index (χ2v) is 7.99. The number of para-hydroxylation sites is 1. The lowest BCUT2D eigenvalue weighted by Gasteiger charge is -2.31. The van der Waals surface area contributed by atoms with Gasteiger partial charge >= 0.3 is 0 Å². The molecule has 6 nitrogen and oxygen atoms in total. The summed E-state index contributed by atoms with van der Waals surface area (Å²) in [5.41, 5.74) is 0.922. The molecular formula is C25H32N2O4. The number of benzene rings is 2. The number of ether oxygens (including phenoxy) is 2. The van der Waals surface area contributed by atoms with Gasteiger partial charge in [-0.2, -0.15) is 0 Å². The Labute approximate surface area is 184 Å². The van der Waals surface area contributed by atoms with Crippen LogP contribution in [-0.4, -0.2) is 42.5 Å². The van der Waals surface area contributed by atoms with Crippen molar-refractivity contribution in [1.29, 1.82) is 0 Å². The van der Waals surface area contributed by atoms with Crippen molar-refractivity contribution in [2.45, 2.75) is 57.7 Å². The maximum absolute atomic E-state index is 13.1. The van der Waals surface area contributed by atoms with E-state index >= 15 is 0 Å².